The number of rotatable bonds is 7. The highest BCUT2D eigenvalue weighted by atomic mass is 32.2. The molecule has 2 aromatic heterocycles. The van der Waals surface area contributed by atoms with Gasteiger partial charge in [0, 0.05) is 16.5 Å². The van der Waals surface area contributed by atoms with Crippen LogP contribution in [-0.4, -0.2) is 27.6 Å². The Morgan fingerprint density at radius 1 is 1.12 bits per heavy atom. The summed E-state index contributed by atoms with van der Waals surface area (Å²) in [7, 11) is 0. The first-order valence-corrected chi connectivity index (χ1v) is 9.96. The Morgan fingerprint density at radius 2 is 1.96 bits per heavy atom. The molecule has 0 bridgehead atoms. The van der Waals surface area contributed by atoms with E-state index < -0.39 is 0 Å². The Labute approximate surface area is 156 Å². The molecule has 1 amide bonds. The van der Waals surface area contributed by atoms with Gasteiger partial charge in [0.25, 0.3) is 0 Å². The van der Waals surface area contributed by atoms with Gasteiger partial charge in [-0.2, -0.15) is 0 Å². The number of ketones is 1. The number of thioether (sulfide) groups is 1. The van der Waals surface area contributed by atoms with Gasteiger partial charge >= 0.3 is 0 Å². The predicted molar refractivity (Wildman–Crippen MR) is 103 cm³/mol. The van der Waals surface area contributed by atoms with Crippen LogP contribution in [0.5, 0.6) is 0 Å². The number of Topliss-reactive ketones (excluding diaryl/α,β-unsaturated/α-hetero) is 1. The van der Waals surface area contributed by atoms with Crippen LogP contribution < -0.4 is 5.32 Å². The Bertz CT molecular complexity index is 874. The maximum absolute atomic E-state index is 12.1. The average Bonchev–Trinajstić information content (AvgIpc) is 3.30. The van der Waals surface area contributed by atoms with Gasteiger partial charge in [0.1, 0.15) is 0 Å². The van der Waals surface area contributed by atoms with E-state index in [4.69, 9.17) is 0 Å². The quantitative estimate of drug-likeness (QED) is 0.284. The third kappa shape index (κ3) is 5.35. The minimum atomic E-state index is -0.263. The summed E-state index contributed by atoms with van der Waals surface area (Å²) in [6.45, 7) is 0. The van der Waals surface area contributed by atoms with Crippen molar-refractivity contribution in [2.45, 2.75) is 4.34 Å². The topological polar surface area (TPSA) is 72.0 Å². The van der Waals surface area contributed by atoms with Crippen LogP contribution in [-0.2, 0) is 4.79 Å². The molecule has 0 saturated carbocycles. The normalized spacial score (nSPS) is 10.9. The molecule has 25 heavy (non-hydrogen) atoms. The molecule has 0 aliphatic rings. The second kappa shape index (κ2) is 8.70. The standard InChI is InChI=1S/C17H13N3O2S3/c21-14(12-5-2-1-3-6-12)11-24-17-20-19-16(25-17)18-15(22)9-8-13-7-4-10-23-13/h1-10H,11H2,(H,18,19,22)/b9-8+. The Hall–Kier alpha value is -2.29. The van der Waals surface area contributed by atoms with Gasteiger partial charge in [-0.3, -0.25) is 14.9 Å². The number of hydrogen-bond acceptors (Lipinski definition) is 7. The van der Waals surface area contributed by atoms with Crippen molar-refractivity contribution in [1.82, 2.24) is 10.2 Å². The van der Waals surface area contributed by atoms with Gasteiger partial charge in [-0.05, 0) is 17.5 Å². The largest absolute Gasteiger partial charge is 0.297 e. The summed E-state index contributed by atoms with van der Waals surface area (Å²) in [4.78, 5) is 24.9. The molecule has 0 atom stereocenters. The lowest BCUT2D eigenvalue weighted by Crippen LogP contribution is -2.07. The molecule has 1 aromatic carbocycles. The number of amides is 1. The van der Waals surface area contributed by atoms with Crippen molar-refractivity contribution in [1.29, 1.82) is 0 Å². The summed E-state index contributed by atoms with van der Waals surface area (Å²) >= 11 is 4.11. The fourth-order valence-electron chi connectivity index (χ4n) is 1.84. The number of nitrogens with one attached hydrogen (secondary N) is 1. The first-order valence-electron chi connectivity index (χ1n) is 7.28. The second-order valence-corrected chi connectivity index (χ2v) is 7.97. The molecule has 0 aliphatic heterocycles. The number of hydrogen-bond donors (Lipinski definition) is 1. The van der Waals surface area contributed by atoms with E-state index >= 15 is 0 Å². The van der Waals surface area contributed by atoms with Crippen LogP contribution in [0.3, 0.4) is 0 Å². The number of carbonyl (C=O) groups excluding carboxylic acids is 2. The average molecular weight is 388 g/mol. The zero-order valence-corrected chi connectivity index (χ0v) is 15.4. The van der Waals surface area contributed by atoms with Gasteiger partial charge in [0.05, 0.1) is 5.75 Å². The molecule has 0 saturated heterocycles. The zero-order chi connectivity index (χ0) is 17.5. The second-order valence-electron chi connectivity index (χ2n) is 4.79. The van der Waals surface area contributed by atoms with E-state index in [1.54, 1.807) is 29.5 Å². The summed E-state index contributed by atoms with van der Waals surface area (Å²) in [5, 5.41) is 12.9. The van der Waals surface area contributed by atoms with Crippen LogP contribution in [0.15, 0.2) is 58.3 Å². The van der Waals surface area contributed by atoms with Crippen LogP contribution in [0, 0.1) is 0 Å². The van der Waals surface area contributed by atoms with Crippen molar-refractivity contribution in [2.75, 3.05) is 11.1 Å². The number of aromatic nitrogens is 2. The van der Waals surface area contributed by atoms with Crippen LogP contribution in [0.25, 0.3) is 6.08 Å². The molecule has 3 aromatic rings. The van der Waals surface area contributed by atoms with E-state index in [2.05, 4.69) is 15.5 Å². The molecule has 1 N–H and O–H groups in total. The molecule has 5 nitrogen and oxygen atoms in total. The number of carbonyl (C=O) groups is 2. The minimum absolute atomic E-state index is 0.0327. The fourth-order valence-corrected chi connectivity index (χ4v) is 4.11. The van der Waals surface area contributed by atoms with E-state index in [1.165, 1.54) is 29.2 Å². The molecule has 0 unspecified atom stereocenters. The van der Waals surface area contributed by atoms with Gasteiger partial charge in [0.15, 0.2) is 10.1 Å². The van der Waals surface area contributed by atoms with Gasteiger partial charge in [-0.15, -0.1) is 21.5 Å². The Kier molecular flexibility index (Phi) is 6.10. The van der Waals surface area contributed by atoms with Crippen LogP contribution in [0.4, 0.5) is 5.13 Å². The zero-order valence-electron chi connectivity index (χ0n) is 12.9. The first kappa shape index (κ1) is 17.5. The molecule has 126 valence electrons. The highest BCUT2D eigenvalue weighted by Gasteiger charge is 2.10. The number of benzene rings is 1. The van der Waals surface area contributed by atoms with Crippen molar-refractivity contribution in [2.24, 2.45) is 0 Å². The fraction of sp³-hybridized carbons (Fsp3) is 0.0588. The number of nitrogens with zero attached hydrogens (tertiary/aromatic N) is 2. The SMILES string of the molecule is O=C(/C=C/c1cccs1)Nc1nnc(SCC(=O)c2ccccc2)s1. The number of anilines is 1. The predicted octanol–water partition coefficient (Wildman–Crippen LogP) is 4.23. The van der Waals surface area contributed by atoms with Crippen LogP contribution in [0.2, 0.25) is 0 Å². The van der Waals surface area contributed by atoms with E-state index in [9.17, 15) is 9.59 Å². The lowest BCUT2D eigenvalue weighted by Gasteiger charge is -1.98. The summed E-state index contributed by atoms with van der Waals surface area (Å²) in [6, 6.07) is 13.0. The summed E-state index contributed by atoms with van der Waals surface area (Å²) in [5.41, 5.74) is 0.673. The molecule has 0 aliphatic carbocycles. The minimum Gasteiger partial charge on any atom is -0.297 e. The highest BCUT2D eigenvalue weighted by molar-refractivity contribution is 8.01. The molecule has 8 heteroatoms. The third-order valence-electron chi connectivity index (χ3n) is 3.00. The van der Waals surface area contributed by atoms with Crippen molar-refractivity contribution in [3.05, 3.63) is 64.4 Å². The smallest absolute Gasteiger partial charge is 0.250 e. The van der Waals surface area contributed by atoms with Gasteiger partial charge in [-0.25, -0.2) is 0 Å². The van der Waals surface area contributed by atoms with Crippen molar-refractivity contribution < 1.29 is 9.59 Å². The van der Waals surface area contributed by atoms with Gasteiger partial charge in [-0.1, -0.05) is 59.5 Å². The lowest BCUT2D eigenvalue weighted by atomic mass is 10.2. The van der Waals surface area contributed by atoms with E-state index in [0.717, 1.165) is 4.88 Å². The summed E-state index contributed by atoms with van der Waals surface area (Å²) in [6.07, 6.45) is 3.20. The van der Waals surface area contributed by atoms with E-state index in [1.807, 2.05) is 35.7 Å². The molecule has 3 rings (SSSR count). The summed E-state index contributed by atoms with van der Waals surface area (Å²) in [5.74, 6) is 0.0527. The molecule has 0 fully saturated rings. The van der Waals surface area contributed by atoms with Crippen LogP contribution >= 0.6 is 34.4 Å². The summed E-state index contributed by atoms with van der Waals surface area (Å²) < 4.78 is 0.641. The molecule has 0 spiro atoms. The molecular formula is C17H13N3O2S3. The Morgan fingerprint density at radius 3 is 2.72 bits per heavy atom. The van der Waals surface area contributed by atoms with Crippen LogP contribution in [0.1, 0.15) is 15.2 Å². The third-order valence-corrected chi connectivity index (χ3v) is 5.81. The van der Waals surface area contributed by atoms with Gasteiger partial charge in [0.2, 0.25) is 11.0 Å². The van der Waals surface area contributed by atoms with Crippen molar-refractivity contribution in [3.63, 3.8) is 0 Å². The maximum atomic E-state index is 12.1. The van der Waals surface area contributed by atoms with E-state index in [0.29, 0.717) is 15.0 Å². The monoisotopic (exact) mass is 387 g/mol. The first-order chi connectivity index (χ1) is 12.2. The molecule has 2 heterocycles. The number of thiophene rings is 1. The molecule has 0 radical (unpaired) electrons. The van der Waals surface area contributed by atoms with E-state index in [-0.39, 0.29) is 17.4 Å². The lowest BCUT2D eigenvalue weighted by molar-refractivity contribution is -0.111. The maximum Gasteiger partial charge on any atom is 0.250 e. The highest BCUT2D eigenvalue weighted by Crippen LogP contribution is 2.26. The van der Waals surface area contributed by atoms with Crippen molar-refractivity contribution in [3.8, 4) is 0 Å². The van der Waals surface area contributed by atoms with Crippen molar-refractivity contribution >= 4 is 57.3 Å². The van der Waals surface area contributed by atoms with Gasteiger partial charge < -0.3 is 0 Å². The Balaban J connectivity index is 1.50. The molecular weight excluding hydrogens is 374 g/mol.